The molecule has 0 saturated heterocycles. The van der Waals surface area contributed by atoms with E-state index in [2.05, 4.69) is 48.5 Å². The molecule has 0 amide bonds. The lowest BCUT2D eigenvalue weighted by molar-refractivity contribution is 1.40. The third-order valence-electron chi connectivity index (χ3n) is 2.11. The number of rotatable bonds is 3. The van der Waals surface area contributed by atoms with Crippen LogP contribution in [0.25, 0.3) is 0 Å². The molecule has 0 heterocycles. The van der Waals surface area contributed by atoms with Crippen LogP contribution in [0.5, 0.6) is 0 Å². The Morgan fingerprint density at radius 2 is 1.13 bits per heavy atom. The fourth-order valence-corrected chi connectivity index (χ4v) is 6.07. The lowest BCUT2D eigenvalue weighted by Crippen LogP contribution is -1.77. The molecule has 2 rings (SSSR count). The van der Waals surface area contributed by atoms with Crippen molar-refractivity contribution < 1.29 is 0 Å². The fourth-order valence-electron chi connectivity index (χ4n) is 1.40. The van der Waals surface area contributed by atoms with Crippen LogP contribution in [-0.4, -0.2) is 0 Å². The summed E-state index contributed by atoms with van der Waals surface area (Å²) < 4.78 is 0. The van der Waals surface area contributed by atoms with Gasteiger partial charge in [-0.2, -0.15) is 10.5 Å². The summed E-state index contributed by atoms with van der Waals surface area (Å²) in [4.78, 5) is 2.71. The second-order valence-corrected chi connectivity index (χ2v) is 8.33. The van der Waals surface area contributed by atoms with Crippen molar-refractivity contribution in [1.82, 2.24) is 0 Å². The second kappa shape index (κ2) is 5.55. The number of benzene rings is 2. The Balaban J connectivity index is 2.34. The molecule has 0 nitrogen and oxygen atoms in total. The summed E-state index contributed by atoms with van der Waals surface area (Å²) in [6, 6.07) is 21.0. The maximum Gasteiger partial charge on any atom is 0.0229 e. The summed E-state index contributed by atoms with van der Waals surface area (Å²) in [5, 5.41) is 0. The molecule has 0 aromatic heterocycles. The smallest absolute Gasteiger partial charge is 0.0229 e. The molecule has 0 radical (unpaired) electrons. The molecule has 0 bridgehead atoms. The second-order valence-electron chi connectivity index (χ2n) is 3.09. The summed E-state index contributed by atoms with van der Waals surface area (Å²) in [6.07, 6.45) is 0. The van der Waals surface area contributed by atoms with Crippen molar-refractivity contribution in [2.75, 3.05) is 0 Å². The maximum atomic E-state index is 6.09. The van der Waals surface area contributed by atoms with E-state index in [1.165, 1.54) is 9.79 Å². The quantitative estimate of drug-likeness (QED) is 0.587. The van der Waals surface area contributed by atoms with E-state index in [4.69, 9.17) is 11.2 Å². The van der Waals surface area contributed by atoms with E-state index < -0.39 is 0 Å². The normalized spacial score (nSPS) is 11.9. The lowest BCUT2D eigenvalue weighted by Gasteiger charge is -2.18. The molecule has 0 N–H and O–H groups in total. The van der Waals surface area contributed by atoms with Crippen molar-refractivity contribution in [3.05, 3.63) is 60.7 Å². The Morgan fingerprint density at radius 3 is 1.47 bits per heavy atom. The third kappa shape index (κ3) is 2.75. The molecule has 15 heavy (non-hydrogen) atoms. The van der Waals surface area contributed by atoms with Crippen molar-refractivity contribution in [2.45, 2.75) is 9.79 Å². The van der Waals surface area contributed by atoms with Gasteiger partial charge in [0.15, 0.2) is 0 Å². The molecule has 0 aliphatic heterocycles. The molecule has 0 aliphatic carbocycles. The molecular formula is C12H12ClPS. The van der Waals surface area contributed by atoms with Crippen molar-refractivity contribution in [3.63, 3.8) is 0 Å². The molecule has 78 valence electrons. The van der Waals surface area contributed by atoms with Gasteiger partial charge in [-0.3, -0.25) is 0 Å². The van der Waals surface area contributed by atoms with Crippen molar-refractivity contribution in [2.24, 2.45) is 0 Å². The highest BCUT2D eigenvalue weighted by Gasteiger charge is 2.07. The highest BCUT2D eigenvalue weighted by atomic mass is 35.7. The SMILES string of the molecule is ClP[SH](c1ccccc1)c1ccccc1. The molecule has 2 aromatic carbocycles. The first-order valence-corrected chi connectivity index (χ1v) is 8.88. The number of halogens is 1. The Bertz CT molecular complexity index is 365. The van der Waals surface area contributed by atoms with Crippen LogP contribution >= 0.6 is 28.9 Å². The molecular weight excluding hydrogens is 243 g/mol. The van der Waals surface area contributed by atoms with E-state index in [0.29, 0.717) is 7.14 Å². The lowest BCUT2D eigenvalue weighted by atomic mass is 10.4. The van der Waals surface area contributed by atoms with Crippen LogP contribution in [0.1, 0.15) is 0 Å². The summed E-state index contributed by atoms with van der Waals surface area (Å²) in [5.41, 5.74) is 0. The maximum absolute atomic E-state index is 6.09. The van der Waals surface area contributed by atoms with E-state index >= 15 is 0 Å². The summed E-state index contributed by atoms with van der Waals surface area (Å²) in [5.74, 6) is 0. The van der Waals surface area contributed by atoms with E-state index in [0.717, 1.165) is 0 Å². The van der Waals surface area contributed by atoms with Crippen LogP contribution in [0.15, 0.2) is 70.5 Å². The van der Waals surface area contributed by atoms with Gasteiger partial charge in [0.05, 0.1) is 0 Å². The van der Waals surface area contributed by atoms with Crippen molar-refractivity contribution in [3.8, 4) is 0 Å². The van der Waals surface area contributed by atoms with E-state index in [1.54, 1.807) is 0 Å². The van der Waals surface area contributed by atoms with Crippen molar-refractivity contribution in [1.29, 1.82) is 0 Å². The molecule has 1 unspecified atom stereocenters. The molecule has 0 spiro atoms. The largest absolute Gasteiger partial charge is 0.168 e. The van der Waals surface area contributed by atoms with Crippen LogP contribution in [0, 0.1) is 0 Å². The summed E-state index contributed by atoms with van der Waals surface area (Å²) in [7, 11) is 0.0853. The van der Waals surface area contributed by atoms with Crippen LogP contribution in [0.2, 0.25) is 0 Å². The van der Waals surface area contributed by atoms with Crippen LogP contribution in [0.4, 0.5) is 0 Å². The monoisotopic (exact) mass is 254 g/mol. The average Bonchev–Trinajstić information content (AvgIpc) is 2.33. The van der Waals surface area contributed by atoms with Gasteiger partial charge in [0.2, 0.25) is 0 Å². The van der Waals surface area contributed by atoms with Gasteiger partial charge in [-0.15, -0.1) is 0 Å². The molecule has 3 heteroatoms. The Kier molecular flexibility index (Phi) is 4.08. The van der Waals surface area contributed by atoms with E-state index in [-0.39, 0.29) is 10.5 Å². The Labute approximate surface area is 99.3 Å². The average molecular weight is 255 g/mol. The minimum absolute atomic E-state index is 0.355. The van der Waals surface area contributed by atoms with Crippen LogP contribution < -0.4 is 0 Å². The van der Waals surface area contributed by atoms with Crippen molar-refractivity contribution >= 4 is 28.9 Å². The first kappa shape index (κ1) is 11.0. The van der Waals surface area contributed by atoms with Gasteiger partial charge in [-0.1, -0.05) is 47.6 Å². The van der Waals surface area contributed by atoms with Gasteiger partial charge >= 0.3 is 0 Å². The first-order chi connectivity index (χ1) is 7.42. The topological polar surface area (TPSA) is 0 Å². The predicted octanol–water partition coefficient (Wildman–Crippen LogP) is 4.85. The molecule has 0 aliphatic rings. The highest BCUT2D eigenvalue weighted by Crippen LogP contribution is 2.60. The Hall–Kier alpha value is -0.490. The molecule has 1 atom stereocenters. The van der Waals surface area contributed by atoms with Gasteiger partial charge in [0, 0.05) is 7.14 Å². The number of hydrogen-bond acceptors (Lipinski definition) is 0. The van der Waals surface area contributed by atoms with Gasteiger partial charge in [0.25, 0.3) is 0 Å². The molecule has 2 aromatic rings. The minimum atomic E-state index is -0.355. The number of thiol groups is 1. The first-order valence-electron chi connectivity index (χ1n) is 4.68. The van der Waals surface area contributed by atoms with Gasteiger partial charge < -0.3 is 0 Å². The zero-order chi connectivity index (χ0) is 10.5. The van der Waals surface area contributed by atoms with E-state index in [1.807, 2.05) is 12.1 Å². The zero-order valence-electron chi connectivity index (χ0n) is 8.10. The van der Waals surface area contributed by atoms with Gasteiger partial charge in [0.1, 0.15) is 0 Å². The minimum Gasteiger partial charge on any atom is -0.168 e. The highest BCUT2D eigenvalue weighted by molar-refractivity contribution is 8.66. The fraction of sp³-hybridized carbons (Fsp3) is 0. The standard InChI is InChI=1S/C12H12ClPS/c13-14-15(11-7-3-1-4-8-11)12-9-5-2-6-10-12/h1-10,14-15H. The summed E-state index contributed by atoms with van der Waals surface area (Å²) >= 11 is 6.09. The molecule has 0 saturated carbocycles. The zero-order valence-corrected chi connectivity index (χ0v) is 10.7. The van der Waals surface area contributed by atoms with Crippen LogP contribution in [-0.2, 0) is 0 Å². The van der Waals surface area contributed by atoms with E-state index in [9.17, 15) is 0 Å². The Morgan fingerprint density at radius 1 is 0.733 bits per heavy atom. The van der Waals surface area contributed by atoms with Crippen LogP contribution in [0.3, 0.4) is 0 Å². The third-order valence-corrected chi connectivity index (χ3v) is 7.49. The summed E-state index contributed by atoms with van der Waals surface area (Å²) in [6.45, 7) is 0. The van der Waals surface area contributed by atoms with Gasteiger partial charge in [-0.25, -0.2) is 0 Å². The predicted molar refractivity (Wildman–Crippen MR) is 72.6 cm³/mol. The van der Waals surface area contributed by atoms with Gasteiger partial charge in [-0.05, 0) is 34.1 Å². The molecule has 0 fully saturated rings. The number of hydrogen-bond donors (Lipinski definition) is 1.